The Morgan fingerprint density at radius 3 is 2.47 bits per heavy atom. The van der Waals surface area contributed by atoms with Crippen molar-refractivity contribution in [2.45, 2.75) is 16.8 Å². The predicted molar refractivity (Wildman–Crippen MR) is 75.4 cm³/mol. The number of fused-ring (bicyclic) bond motifs is 1. The van der Waals surface area contributed by atoms with Gasteiger partial charge >= 0.3 is 0 Å². The van der Waals surface area contributed by atoms with E-state index in [0.717, 1.165) is 0 Å². The van der Waals surface area contributed by atoms with E-state index in [1.54, 1.807) is 6.07 Å². The first-order chi connectivity index (χ1) is 8.89. The van der Waals surface area contributed by atoms with Gasteiger partial charge in [-0.3, -0.25) is 4.99 Å². The van der Waals surface area contributed by atoms with Crippen LogP contribution >= 0.6 is 0 Å². The first-order valence-electron chi connectivity index (χ1n) is 5.81. The molecule has 1 aromatic rings. The Kier molecular flexibility index (Phi) is 2.66. The maximum absolute atomic E-state index is 5.76. The average Bonchev–Trinajstić information content (AvgIpc) is 2.58. The monoisotopic (exact) mass is 244 g/mol. The third kappa shape index (κ3) is 2.03. The number of nitrogens with zero attached hydrogens (tertiary/aromatic N) is 1. The summed E-state index contributed by atoms with van der Waals surface area (Å²) in [7, 11) is 23.0. The number of aliphatic imine (C=N–C) groups is 1. The molecule has 0 aromatic heterocycles. The zero-order chi connectivity index (χ0) is 13.7. The van der Waals surface area contributed by atoms with Crippen molar-refractivity contribution < 1.29 is 9.47 Å². The normalized spacial score (nSPS) is 26.3. The number of rotatable bonds is 1. The second-order valence-corrected chi connectivity index (χ2v) is 4.68. The number of para-hydroxylation sites is 2. The molecular weight excluding hydrogens is 235 g/mol. The highest BCUT2D eigenvalue weighted by atomic mass is 16.6. The third-order valence-electron chi connectivity index (χ3n) is 3.12. The largest absolute Gasteiger partial charge is 0.485 e. The number of benzene rings is 1. The van der Waals surface area contributed by atoms with Crippen molar-refractivity contribution in [3.8, 4) is 11.5 Å². The second kappa shape index (κ2) is 4.02. The summed E-state index contributed by atoms with van der Waals surface area (Å²) in [6.45, 7) is 0.273. The van der Waals surface area contributed by atoms with E-state index < -0.39 is 16.8 Å². The molecule has 2 aliphatic rings. The van der Waals surface area contributed by atoms with Crippen LogP contribution in [0.1, 0.15) is 0 Å². The molecule has 8 heteroatoms. The molecule has 1 atom stereocenters. The molecule has 1 aromatic carbocycles. The molecular formula is C11H8B4N2O2. The smallest absolute Gasteiger partial charge is 0.189 e. The summed E-state index contributed by atoms with van der Waals surface area (Å²) in [4.78, 5) is 4.08. The maximum atomic E-state index is 5.76. The number of hydrogen-bond donors (Lipinski definition) is 1. The molecule has 2 aliphatic heterocycles. The van der Waals surface area contributed by atoms with Crippen molar-refractivity contribution in [2.24, 2.45) is 4.99 Å². The van der Waals surface area contributed by atoms with Crippen molar-refractivity contribution in [1.29, 1.82) is 0 Å². The van der Waals surface area contributed by atoms with E-state index in [4.69, 9.17) is 40.9 Å². The Hall–Kier alpha value is -1.45. The molecule has 0 amide bonds. The van der Waals surface area contributed by atoms with Gasteiger partial charge in [-0.1, -0.05) is 12.1 Å². The summed E-state index contributed by atoms with van der Waals surface area (Å²) in [6.07, 6.45) is -0.477. The number of nitrogens with one attached hydrogen (secondary N) is 1. The zero-order valence-electron chi connectivity index (χ0n) is 10.2. The Morgan fingerprint density at radius 1 is 1.16 bits per heavy atom. The minimum absolute atomic E-state index is 0.273. The van der Waals surface area contributed by atoms with Gasteiger partial charge in [-0.2, -0.15) is 0 Å². The highest BCUT2D eigenvalue weighted by Crippen LogP contribution is 2.32. The van der Waals surface area contributed by atoms with Gasteiger partial charge in [-0.15, -0.1) is 0 Å². The van der Waals surface area contributed by atoms with Gasteiger partial charge < -0.3 is 14.8 Å². The molecule has 2 heterocycles. The lowest BCUT2D eigenvalue weighted by Gasteiger charge is -2.35. The molecule has 0 bridgehead atoms. The van der Waals surface area contributed by atoms with Crippen molar-refractivity contribution in [2.75, 3.05) is 6.61 Å². The number of ether oxygens (including phenoxy) is 2. The lowest BCUT2D eigenvalue weighted by atomic mass is 9.39. The summed E-state index contributed by atoms with van der Waals surface area (Å²) in [5, 5.41) is -0.348. The SMILES string of the molecule is [B]C1([B])N=C([C@H]2COc3ccccc3O2)NC1([B])[B]. The van der Waals surface area contributed by atoms with Crippen LogP contribution in [0.4, 0.5) is 0 Å². The Morgan fingerprint density at radius 2 is 1.84 bits per heavy atom. The van der Waals surface area contributed by atoms with E-state index in [1.807, 2.05) is 18.2 Å². The lowest BCUT2D eigenvalue weighted by Crippen LogP contribution is -2.61. The van der Waals surface area contributed by atoms with Gasteiger partial charge in [0.1, 0.15) is 12.4 Å². The third-order valence-corrected chi connectivity index (χ3v) is 3.12. The molecule has 4 nitrogen and oxygen atoms in total. The molecule has 3 rings (SSSR count). The first kappa shape index (κ1) is 12.6. The molecule has 86 valence electrons. The van der Waals surface area contributed by atoms with Crippen LogP contribution in [0.3, 0.4) is 0 Å². The minimum Gasteiger partial charge on any atom is -0.485 e. The average molecular weight is 243 g/mol. The number of amidine groups is 1. The Labute approximate surface area is 117 Å². The highest BCUT2D eigenvalue weighted by Gasteiger charge is 2.43. The van der Waals surface area contributed by atoms with Crippen molar-refractivity contribution in [3.63, 3.8) is 0 Å². The molecule has 0 spiro atoms. The topological polar surface area (TPSA) is 42.9 Å². The van der Waals surface area contributed by atoms with Crippen molar-refractivity contribution >= 4 is 37.2 Å². The van der Waals surface area contributed by atoms with Crippen LogP contribution in [0.25, 0.3) is 0 Å². The second-order valence-electron chi connectivity index (χ2n) is 4.68. The summed E-state index contributed by atoms with van der Waals surface area (Å²) in [5.74, 6) is 1.68. The van der Waals surface area contributed by atoms with Crippen LogP contribution in [0, 0.1) is 0 Å². The van der Waals surface area contributed by atoms with Crippen LogP contribution in [0.15, 0.2) is 29.3 Å². The maximum Gasteiger partial charge on any atom is 0.189 e. The van der Waals surface area contributed by atoms with Crippen LogP contribution in [0.5, 0.6) is 11.5 Å². The lowest BCUT2D eigenvalue weighted by molar-refractivity contribution is 0.133. The fourth-order valence-electron chi connectivity index (χ4n) is 1.94. The molecule has 1 N–H and O–H groups in total. The minimum atomic E-state index is -1.59. The van der Waals surface area contributed by atoms with Gasteiger partial charge in [0.15, 0.2) is 17.6 Å². The van der Waals surface area contributed by atoms with Crippen LogP contribution in [-0.4, -0.2) is 60.6 Å². The van der Waals surface area contributed by atoms with Gasteiger partial charge in [0.05, 0.1) is 31.4 Å². The van der Waals surface area contributed by atoms with Gasteiger partial charge in [-0.05, 0) is 22.8 Å². The molecule has 0 saturated heterocycles. The molecule has 0 aliphatic carbocycles. The van der Waals surface area contributed by atoms with E-state index in [0.29, 0.717) is 17.3 Å². The molecule has 0 unspecified atom stereocenters. The molecule has 0 saturated carbocycles. The van der Waals surface area contributed by atoms with E-state index >= 15 is 0 Å². The fraction of sp³-hybridized carbons (Fsp3) is 0.364. The Bertz CT molecular complexity index is 547. The standard InChI is InChI=1S/C11H8B4N2O2/c12-10(13)11(14,15)17-9(16-10)8-5-18-6-3-1-2-4-7(6)19-8/h1-4,8H,5H2,(H,16,17)/t8-/m1/s1. The molecule has 8 radical (unpaired) electrons. The van der Waals surface area contributed by atoms with Gasteiger partial charge in [0.2, 0.25) is 0 Å². The summed E-state index contributed by atoms with van der Waals surface area (Å²) < 4.78 is 11.3. The van der Waals surface area contributed by atoms with E-state index in [9.17, 15) is 0 Å². The summed E-state index contributed by atoms with van der Waals surface area (Å²) in [5.41, 5.74) is 0. The molecule has 0 fully saturated rings. The highest BCUT2D eigenvalue weighted by molar-refractivity contribution is 6.56. The van der Waals surface area contributed by atoms with Gasteiger partial charge in [0.25, 0.3) is 0 Å². The zero-order valence-corrected chi connectivity index (χ0v) is 10.2. The van der Waals surface area contributed by atoms with Gasteiger partial charge in [0, 0.05) is 0 Å². The van der Waals surface area contributed by atoms with E-state index in [2.05, 4.69) is 10.3 Å². The Balaban J connectivity index is 1.84. The van der Waals surface area contributed by atoms with Crippen LogP contribution in [0.2, 0.25) is 0 Å². The quantitative estimate of drug-likeness (QED) is 0.631. The molecule has 19 heavy (non-hydrogen) atoms. The van der Waals surface area contributed by atoms with E-state index in [-0.39, 0.29) is 6.61 Å². The van der Waals surface area contributed by atoms with Crippen LogP contribution in [-0.2, 0) is 0 Å². The summed E-state index contributed by atoms with van der Waals surface area (Å²) >= 11 is 0. The van der Waals surface area contributed by atoms with Crippen LogP contribution < -0.4 is 14.8 Å². The number of hydrogen-bond acceptors (Lipinski definition) is 4. The van der Waals surface area contributed by atoms with E-state index in [1.165, 1.54) is 0 Å². The summed E-state index contributed by atoms with van der Waals surface area (Å²) in [6, 6.07) is 7.33. The van der Waals surface area contributed by atoms with Gasteiger partial charge in [-0.25, -0.2) is 0 Å². The first-order valence-corrected chi connectivity index (χ1v) is 5.81. The van der Waals surface area contributed by atoms with Crippen molar-refractivity contribution in [3.05, 3.63) is 24.3 Å². The fourth-order valence-corrected chi connectivity index (χ4v) is 1.94. The van der Waals surface area contributed by atoms with Crippen molar-refractivity contribution in [1.82, 2.24) is 5.32 Å². The predicted octanol–water partition coefficient (Wildman–Crippen LogP) is -1.19.